The van der Waals surface area contributed by atoms with Crippen LogP contribution in [0.2, 0.25) is 0 Å². The van der Waals surface area contributed by atoms with Gasteiger partial charge in [-0.05, 0) is 0 Å². The van der Waals surface area contributed by atoms with Crippen LogP contribution in [0.1, 0.15) is 5.56 Å². The van der Waals surface area contributed by atoms with Crippen molar-refractivity contribution in [1.29, 1.82) is 0 Å². The summed E-state index contributed by atoms with van der Waals surface area (Å²) in [5.41, 5.74) is 0.530. The summed E-state index contributed by atoms with van der Waals surface area (Å²) in [5, 5.41) is 0. The zero-order valence-corrected chi connectivity index (χ0v) is 13.7. The van der Waals surface area contributed by atoms with Crippen LogP contribution in [0.4, 0.5) is 0 Å². The molecule has 1 aromatic rings. The predicted molar refractivity (Wildman–Crippen MR) is 69.5 cm³/mol. The van der Waals surface area contributed by atoms with E-state index in [4.69, 9.17) is 30.1 Å². The normalized spacial score (nSPS) is 8.67. The van der Waals surface area contributed by atoms with Crippen molar-refractivity contribution in [3.8, 4) is 0 Å². The first-order valence-electron chi connectivity index (χ1n) is 3.04. The third-order valence-electron chi connectivity index (χ3n) is 1.06. The molecule has 15 heavy (non-hydrogen) atoms. The maximum absolute atomic E-state index is 10.3. The molecule has 0 heterocycles. The predicted octanol–water partition coefficient (Wildman–Crippen LogP) is 5.45. The van der Waals surface area contributed by atoms with Gasteiger partial charge >= 0.3 is 41.5 Å². The van der Waals surface area contributed by atoms with Crippen LogP contribution < -0.4 is 0 Å². The Hall–Kier alpha value is 1.21. The van der Waals surface area contributed by atoms with Gasteiger partial charge in [-0.25, -0.2) is 0 Å². The summed E-state index contributed by atoms with van der Waals surface area (Å²) < 4.78 is 1.52. The van der Waals surface area contributed by atoms with E-state index in [-0.39, 0.29) is 6.15 Å². The van der Waals surface area contributed by atoms with Gasteiger partial charge in [-0.15, -0.1) is 49.6 Å². The largest absolute Gasteiger partial charge is 0.693 e. The van der Waals surface area contributed by atoms with Gasteiger partial charge in [-0.3, -0.25) is 0 Å². The van der Waals surface area contributed by atoms with E-state index in [1.165, 1.54) is 0 Å². The molecule has 0 aromatic heterocycles. The van der Waals surface area contributed by atoms with E-state index in [2.05, 4.69) is 31.9 Å². The summed E-state index contributed by atoms with van der Waals surface area (Å²) in [6, 6.07) is 5.44. The first-order chi connectivity index (χ1) is 6.49. The van der Waals surface area contributed by atoms with Gasteiger partial charge in [0.1, 0.15) is 0 Å². The second-order valence-electron chi connectivity index (χ2n) is 1.87. The number of halogens is 5. The second-order valence-corrected chi connectivity index (χ2v) is 9.90. The first kappa shape index (κ1) is 18.6. The molecule has 1 aromatic carbocycles. The van der Waals surface area contributed by atoms with Gasteiger partial charge in [-0.2, -0.15) is 0 Å². The first-order valence-corrected chi connectivity index (χ1v) is 9.89. The van der Waals surface area contributed by atoms with E-state index in [0.29, 0.717) is 5.56 Å². The SMILES string of the molecule is O=[C-]c1c(Br)cccc1Br.[Cl][Cr]([Cl])[Cl].[NH2-]. The smallest absolute Gasteiger partial charge is 0.693 e. The average Bonchev–Trinajstić information content (AvgIpc) is 2.03. The molecule has 0 bridgehead atoms. The molecule has 0 aliphatic heterocycles. The molecule has 0 spiro atoms. The number of carbonyl (C=O) groups excluding carboxylic acids is 1. The van der Waals surface area contributed by atoms with Crippen LogP contribution in [-0.2, 0) is 16.2 Å². The van der Waals surface area contributed by atoms with Gasteiger partial charge in [0.15, 0.2) is 0 Å². The van der Waals surface area contributed by atoms with E-state index >= 15 is 0 Å². The fourth-order valence-electron chi connectivity index (χ4n) is 0.595. The number of benzene rings is 1. The van der Waals surface area contributed by atoms with Gasteiger partial charge in [0.25, 0.3) is 0 Å². The molecule has 8 heteroatoms. The maximum atomic E-state index is 10.3. The Morgan fingerprint density at radius 2 is 1.47 bits per heavy atom. The Morgan fingerprint density at radius 1 is 1.13 bits per heavy atom. The van der Waals surface area contributed by atoms with E-state index in [1.807, 2.05) is 12.4 Å². The number of rotatable bonds is 1. The van der Waals surface area contributed by atoms with E-state index in [9.17, 15) is 4.79 Å². The Kier molecular flexibility index (Phi) is 12.8. The zero-order valence-electron chi connectivity index (χ0n) is 7.02. The van der Waals surface area contributed by atoms with Gasteiger partial charge in [-0.1, -0.05) is 15.0 Å². The third kappa shape index (κ3) is 8.96. The van der Waals surface area contributed by atoms with Crippen molar-refractivity contribution in [2.45, 2.75) is 0 Å². The minimum atomic E-state index is -1.62. The molecule has 0 aliphatic carbocycles. The Labute approximate surface area is 122 Å². The van der Waals surface area contributed by atoms with Crippen LogP contribution in [-0.4, -0.2) is 6.29 Å². The van der Waals surface area contributed by atoms with Crippen molar-refractivity contribution < 1.29 is 16.2 Å². The number of hydrogen-bond acceptors (Lipinski definition) is 1. The Balaban J connectivity index is 0. The van der Waals surface area contributed by atoms with E-state index in [0.717, 1.165) is 8.95 Å². The maximum Gasteiger partial charge on any atom is -0.693 e. The molecule has 0 amide bonds. The molecule has 0 unspecified atom stereocenters. The van der Waals surface area contributed by atoms with Crippen molar-refractivity contribution in [2.75, 3.05) is 0 Å². The monoisotopic (exact) mass is 434 g/mol. The minimum Gasteiger partial charge on any atom is -0.693 e. The van der Waals surface area contributed by atoms with Crippen molar-refractivity contribution in [3.05, 3.63) is 38.9 Å². The molecule has 0 radical (unpaired) electrons. The van der Waals surface area contributed by atoms with Gasteiger partial charge in [0, 0.05) is 0 Å². The molecule has 1 rings (SSSR count). The van der Waals surface area contributed by atoms with Crippen molar-refractivity contribution in [3.63, 3.8) is 0 Å². The van der Waals surface area contributed by atoms with Gasteiger partial charge < -0.3 is 10.9 Å². The van der Waals surface area contributed by atoms with Crippen LogP contribution in [0.3, 0.4) is 0 Å². The topological polar surface area (TPSA) is 50.6 Å². The summed E-state index contributed by atoms with van der Waals surface area (Å²) in [6.45, 7) is 0. The molecule has 0 fully saturated rings. The van der Waals surface area contributed by atoms with Crippen LogP contribution in [0.15, 0.2) is 27.1 Å². The zero-order chi connectivity index (χ0) is 11.1. The molecular formula is C7H5Br2Cl3CrNO-2. The molecule has 87 valence electrons. The Morgan fingerprint density at radius 3 is 1.67 bits per heavy atom. The van der Waals surface area contributed by atoms with Gasteiger partial charge in [0.05, 0.1) is 6.29 Å². The molecule has 0 saturated carbocycles. The van der Waals surface area contributed by atoms with Crippen molar-refractivity contribution >= 4 is 68.3 Å². The minimum absolute atomic E-state index is 0. The van der Waals surface area contributed by atoms with Crippen LogP contribution in [0, 0.1) is 0 Å². The third-order valence-corrected chi connectivity index (χ3v) is 2.39. The fraction of sp³-hybridized carbons (Fsp3) is 0. The molecule has 0 aliphatic rings. The quantitative estimate of drug-likeness (QED) is 0.539. The molecular weight excluding hydrogens is 432 g/mol. The van der Waals surface area contributed by atoms with Crippen molar-refractivity contribution in [1.82, 2.24) is 0 Å². The van der Waals surface area contributed by atoms with Crippen LogP contribution in [0.5, 0.6) is 0 Å². The average molecular weight is 437 g/mol. The molecule has 2 N–H and O–H groups in total. The fourth-order valence-corrected chi connectivity index (χ4v) is 1.76. The van der Waals surface area contributed by atoms with E-state index < -0.39 is 11.4 Å². The van der Waals surface area contributed by atoms with Gasteiger partial charge in [0.2, 0.25) is 0 Å². The summed E-state index contributed by atoms with van der Waals surface area (Å²) >= 11 is 4.80. The summed E-state index contributed by atoms with van der Waals surface area (Å²) in [6.07, 6.45) is 1.82. The van der Waals surface area contributed by atoms with Crippen LogP contribution in [0.25, 0.3) is 6.15 Å². The second kappa shape index (κ2) is 10.4. The summed E-state index contributed by atoms with van der Waals surface area (Å²) in [4.78, 5) is 10.3. The standard InChI is InChI=1S/C7H3Br2O.3ClH.Cr.H2N/c8-6-2-1-3-7(9)5(6)4-10;;;;;/h1-3H;3*1H;;1H2/q-1;;;;+3;-1/p-3. The number of nitrogens with two attached hydrogens (primary N) is 1. The number of hydrogen-bond donors (Lipinski definition) is 0. The molecule has 0 atom stereocenters. The van der Waals surface area contributed by atoms with E-state index in [1.54, 1.807) is 12.1 Å². The molecule has 2 nitrogen and oxygen atoms in total. The van der Waals surface area contributed by atoms with Crippen LogP contribution >= 0.6 is 62.0 Å². The summed E-state index contributed by atoms with van der Waals surface area (Å²) in [7, 11) is 14.8. The Bertz CT molecular complexity index is 291. The summed E-state index contributed by atoms with van der Waals surface area (Å²) in [5.74, 6) is 0. The van der Waals surface area contributed by atoms with Crippen molar-refractivity contribution in [2.24, 2.45) is 0 Å². The molecule has 0 saturated heterocycles.